The zero-order valence-electron chi connectivity index (χ0n) is 10.3. The highest BCUT2D eigenvalue weighted by Crippen LogP contribution is 2.29. The summed E-state index contributed by atoms with van der Waals surface area (Å²) in [4.78, 5) is 0. The van der Waals surface area contributed by atoms with E-state index in [1.54, 1.807) is 0 Å². The highest BCUT2D eigenvalue weighted by Gasteiger charge is 2.37. The first-order chi connectivity index (χ1) is 7.49. The van der Waals surface area contributed by atoms with Gasteiger partial charge in [-0.05, 0) is 45.7 Å². The fraction of sp³-hybridized carbons (Fsp3) is 0.467. The zero-order chi connectivity index (χ0) is 11.6. The molecule has 1 nitrogen and oxygen atoms in total. The van der Waals surface area contributed by atoms with Crippen LogP contribution in [0.5, 0.6) is 0 Å². The SMILES string of the molecule is CC1(C)CCC(C)(C#Cc2ccccc2)N1. The lowest BCUT2D eigenvalue weighted by Gasteiger charge is -2.24. The van der Waals surface area contributed by atoms with Crippen molar-refractivity contribution < 1.29 is 0 Å². The third-order valence-electron chi connectivity index (χ3n) is 3.12. The minimum Gasteiger partial charge on any atom is -0.296 e. The molecule has 84 valence electrons. The van der Waals surface area contributed by atoms with Gasteiger partial charge in [0.25, 0.3) is 0 Å². The topological polar surface area (TPSA) is 12.0 Å². The highest BCUT2D eigenvalue weighted by molar-refractivity contribution is 5.37. The van der Waals surface area contributed by atoms with Gasteiger partial charge >= 0.3 is 0 Å². The maximum atomic E-state index is 3.60. The van der Waals surface area contributed by atoms with Gasteiger partial charge in [0, 0.05) is 11.1 Å². The van der Waals surface area contributed by atoms with Crippen LogP contribution in [0.25, 0.3) is 0 Å². The first-order valence-corrected chi connectivity index (χ1v) is 5.87. The van der Waals surface area contributed by atoms with E-state index in [0.717, 1.165) is 12.0 Å². The summed E-state index contributed by atoms with van der Waals surface area (Å²) in [6.45, 7) is 6.67. The van der Waals surface area contributed by atoms with E-state index in [2.05, 4.69) is 50.1 Å². The van der Waals surface area contributed by atoms with Crippen LogP contribution in [0.4, 0.5) is 0 Å². The van der Waals surface area contributed by atoms with Gasteiger partial charge in [0.2, 0.25) is 0 Å². The quantitative estimate of drug-likeness (QED) is 0.653. The van der Waals surface area contributed by atoms with Gasteiger partial charge in [-0.2, -0.15) is 0 Å². The second-order valence-corrected chi connectivity index (χ2v) is 5.46. The van der Waals surface area contributed by atoms with E-state index < -0.39 is 0 Å². The number of nitrogens with one attached hydrogen (secondary N) is 1. The Bertz CT molecular complexity index is 422. The van der Waals surface area contributed by atoms with Gasteiger partial charge in [0.15, 0.2) is 0 Å². The summed E-state index contributed by atoms with van der Waals surface area (Å²) in [7, 11) is 0. The molecule has 1 heterocycles. The standard InChI is InChI=1S/C15H19N/c1-14(2)11-12-15(3,16-14)10-9-13-7-5-4-6-8-13/h4-8,16H,11-12H2,1-3H3. The van der Waals surface area contributed by atoms with Crippen molar-refractivity contribution in [3.05, 3.63) is 35.9 Å². The maximum absolute atomic E-state index is 3.60. The van der Waals surface area contributed by atoms with Gasteiger partial charge < -0.3 is 0 Å². The van der Waals surface area contributed by atoms with Crippen molar-refractivity contribution in [1.29, 1.82) is 0 Å². The van der Waals surface area contributed by atoms with Crippen LogP contribution in [0, 0.1) is 11.8 Å². The lowest BCUT2D eigenvalue weighted by Crippen LogP contribution is -2.44. The fourth-order valence-electron chi connectivity index (χ4n) is 2.26. The molecular weight excluding hydrogens is 194 g/mol. The second-order valence-electron chi connectivity index (χ2n) is 5.46. The summed E-state index contributed by atoms with van der Waals surface area (Å²) in [6, 6.07) is 10.2. The van der Waals surface area contributed by atoms with Crippen LogP contribution in [0.1, 0.15) is 39.2 Å². The normalized spacial score (nSPS) is 27.2. The first-order valence-electron chi connectivity index (χ1n) is 5.87. The van der Waals surface area contributed by atoms with Crippen molar-refractivity contribution in [2.45, 2.75) is 44.7 Å². The molecule has 0 aromatic heterocycles. The van der Waals surface area contributed by atoms with E-state index in [1.807, 2.05) is 18.2 Å². The summed E-state index contributed by atoms with van der Waals surface area (Å²) in [5.74, 6) is 6.62. The molecule has 0 amide bonds. The molecule has 1 aliphatic rings. The Morgan fingerprint density at radius 2 is 1.75 bits per heavy atom. The lowest BCUT2D eigenvalue weighted by molar-refractivity contribution is 0.404. The third kappa shape index (κ3) is 2.65. The molecule has 0 spiro atoms. The van der Waals surface area contributed by atoms with Gasteiger partial charge in [-0.3, -0.25) is 5.32 Å². The van der Waals surface area contributed by atoms with Crippen molar-refractivity contribution in [2.75, 3.05) is 0 Å². The lowest BCUT2D eigenvalue weighted by atomic mass is 9.99. The largest absolute Gasteiger partial charge is 0.296 e. The maximum Gasteiger partial charge on any atom is 0.0780 e. The van der Waals surface area contributed by atoms with Crippen LogP contribution in [-0.2, 0) is 0 Å². The Kier molecular flexibility index (Phi) is 2.78. The first kappa shape index (κ1) is 11.2. The second kappa shape index (κ2) is 3.96. The Morgan fingerprint density at radius 1 is 1.06 bits per heavy atom. The Morgan fingerprint density at radius 3 is 2.31 bits per heavy atom. The van der Waals surface area contributed by atoms with Crippen molar-refractivity contribution in [2.24, 2.45) is 0 Å². The van der Waals surface area contributed by atoms with E-state index in [-0.39, 0.29) is 11.1 Å². The molecule has 1 aromatic carbocycles. The molecule has 1 aromatic rings. The van der Waals surface area contributed by atoms with Gasteiger partial charge in [-0.1, -0.05) is 30.0 Å². The van der Waals surface area contributed by atoms with Crippen molar-refractivity contribution >= 4 is 0 Å². The molecule has 0 aliphatic carbocycles. The molecule has 1 unspecified atom stereocenters. The molecule has 1 atom stereocenters. The van der Waals surface area contributed by atoms with Crippen molar-refractivity contribution in [1.82, 2.24) is 5.32 Å². The minimum atomic E-state index is -0.0284. The van der Waals surface area contributed by atoms with Crippen LogP contribution in [0.3, 0.4) is 0 Å². The van der Waals surface area contributed by atoms with Gasteiger partial charge in [-0.15, -0.1) is 0 Å². The Labute approximate surface area is 98.3 Å². The van der Waals surface area contributed by atoms with E-state index in [4.69, 9.17) is 0 Å². The van der Waals surface area contributed by atoms with Crippen molar-refractivity contribution in [3.63, 3.8) is 0 Å². The Balaban J connectivity index is 2.14. The fourth-order valence-corrected chi connectivity index (χ4v) is 2.26. The van der Waals surface area contributed by atoms with E-state index in [9.17, 15) is 0 Å². The summed E-state index contributed by atoms with van der Waals surface area (Å²) in [6.07, 6.45) is 2.31. The molecule has 2 rings (SSSR count). The number of hydrogen-bond acceptors (Lipinski definition) is 1. The molecule has 1 aliphatic heterocycles. The Hall–Kier alpha value is -1.26. The predicted molar refractivity (Wildman–Crippen MR) is 68.2 cm³/mol. The third-order valence-corrected chi connectivity index (χ3v) is 3.12. The van der Waals surface area contributed by atoms with Crippen LogP contribution in [0.2, 0.25) is 0 Å². The average Bonchev–Trinajstić information content (AvgIpc) is 2.53. The van der Waals surface area contributed by atoms with Crippen molar-refractivity contribution in [3.8, 4) is 11.8 Å². The zero-order valence-corrected chi connectivity index (χ0v) is 10.3. The molecule has 0 bridgehead atoms. The summed E-state index contributed by atoms with van der Waals surface area (Å²) in [5.41, 5.74) is 1.29. The number of benzene rings is 1. The molecule has 16 heavy (non-hydrogen) atoms. The summed E-state index contributed by atoms with van der Waals surface area (Å²) >= 11 is 0. The summed E-state index contributed by atoms with van der Waals surface area (Å²) < 4.78 is 0. The van der Waals surface area contributed by atoms with E-state index in [1.165, 1.54) is 6.42 Å². The molecule has 1 heteroatoms. The molecule has 0 radical (unpaired) electrons. The highest BCUT2D eigenvalue weighted by atomic mass is 15.1. The predicted octanol–water partition coefficient (Wildman–Crippen LogP) is 2.96. The monoisotopic (exact) mass is 213 g/mol. The molecule has 1 saturated heterocycles. The number of hydrogen-bond donors (Lipinski definition) is 1. The van der Waals surface area contributed by atoms with Crippen LogP contribution in [0.15, 0.2) is 30.3 Å². The molecule has 0 saturated carbocycles. The van der Waals surface area contributed by atoms with Gasteiger partial charge in [0.1, 0.15) is 0 Å². The van der Waals surface area contributed by atoms with Gasteiger partial charge in [0.05, 0.1) is 5.54 Å². The average molecular weight is 213 g/mol. The molecule has 1 fully saturated rings. The van der Waals surface area contributed by atoms with Crippen LogP contribution < -0.4 is 5.32 Å². The molecule has 1 N–H and O–H groups in total. The van der Waals surface area contributed by atoms with E-state index in [0.29, 0.717) is 0 Å². The van der Waals surface area contributed by atoms with Gasteiger partial charge in [-0.25, -0.2) is 0 Å². The van der Waals surface area contributed by atoms with E-state index >= 15 is 0 Å². The summed E-state index contributed by atoms with van der Waals surface area (Å²) in [5, 5.41) is 3.60. The molecular formula is C15H19N. The number of rotatable bonds is 0. The van der Waals surface area contributed by atoms with Crippen LogP contribution in [-0.4, -0.2) is 11.1 Å². The minimum absolute atomic E-state index is 0.0284. The smallest absolute Gasteiger partial charge is 0.0780 e. The van der Waals surface area contributed by atoms with Crippen LogP contribution >= 0.6 is 0 Å².